The Morgan fingerprint density at radius 1 is 1.19 bits per heavy atom. The summed E-state index contributed by atoms with van der Waals surface area (Å²) in [5, 5.41) is 2.60. The van der Waals surface area contributed by atoms with Gasteiger partial charge in [0.15, 0.2) is 17.7 Å². The molecule has 2 aromatic carbocycles. The first-order valence-corrected chi connectivity index (χ1v) is 6.24. The summed E-state index contributed by atoms with van der Waals surface area (Å²) in [4.78, 5) is 12.0. The van der Waals surface area contributed by atoms with E-state index in [1.807, 2.05) is 0 Å². The van der Waals surface area contributed by atoms with E-state index in [9.17, 15) is 13.6 Å². The number of benzene rings is 2. The van der Waals surface area contributed by atoms with E-state index in [-0.39, 0.29) is 5.75 Å². The van der Waals surface area contributed by atoms with Crippen molar-refractivity contribution < 1.29 is 18.3 Å². The summed E-state index contributed by atoms with van der Waals surface area (Å²) in [5.74, 6) is -2.39. The number of nitrogens with one attached hydrogen (secondary N) is 1. The number of amides is 1. The molecule has 1 amide bonds. The Kier molecular flexibility index (Phi) is 4.37. The molecule has 0 aromatic heterocycles. The molecule has 0 spiro atoms. The van der Waals surface area contributed by atoms with Gasteiger partial charge in [-0.25, -0.2) is 8.78 Å². The van der Waals surface area contributed by atoms with Crippen LogP contribution in [0.25, 0.3) is 0 Å². The minimum absolute atomic E-state index is 0.0672. The quantitative estimate of drug-likeness (QED) is 0.852. The molecule has 6 heteroatoms. The van der Waals surface area contributed by atoms with Gasteiger partial charge in [-0.05, 0) is 31.2 Å². The van der Waals surface area contributed by atoms with Crippen molar-refractivity contribution in [1.82, 2.24) is 0 Å². The molecule has 0 saturated heterocycles. The predicted molar refractivity (Wildman–Crippen MR) is 75.9 cm³/mol. The average Bonchev–Trinajstić information content (AvgIpc) is 2.45. The van der Waals surface area contributed by atoms with E-state index in [0.717, 1.165) is 12.1 Å². The third-order valence-corrected chi connectivity index (χ3v) is 2.79. The second-order valence-corrected chi connectivity index (χ2v) is 4.41. The average molecular weight is 292 g/mol. The van der Waals surface area contributed by atoms with Gasteiger partial charge in [0.1, 0.15) is 5.75 Å². The summed E-state index contributed by atoms with van der Waals surface area (Å²) >= 11 is 0. The van der Waals surface area contributed by atoms with Crippen molar-refractivity contribution >= 4 is 17.3 Å². The molecule has 2 rings (SSSR count). The number of carbonyl (C=O) groups excluding carboxylic acids is 1. The van der Waals surface area contributed by atoms with E-state index in [2.05, 4.69) is 5.32 Å². The molecule has 3 N–H and O–H groups in total. The number of hydrogen-bond donors (Lipinski definition) is 2. The fourth-order valence-corrected chi connectivity index (χ4v) is 1.65. The molecule has 0 radical (unpaired) electrons. The van der Waals surface area contributed by atoms with Gasteiger partial charge < -0.3 is 15.8 Å². The van der Waals surface area contributed by atoms with Crippen LogP contribution in [0.2, 0.25) is 0 Å². The fraction of sp³-hybridized carbons (Fsp3) is 0.133. The van der Waals surface area contributed by atoms with Gasteiger partial charge in [-0.2, -0.15) is 0 Å². The number of anilines is 2. The topological polar surface area (TPSA) is 64.3 Å². The first-order chi connectivity index (χ1) is 9.97. The normalized spacial score (nSPS) is 11.8. The summed E-state index contributed by atoms with van der Waals surface area (Å²) in [6.07, 6.45) is -0.894. The summed E-state index contributed by atoms with van der Waals surface area (Å²) in [5.41, 5.74) is 6.59. The summed E-state index contributed by atoms with van der Waals surface area (Å²) in [6.45, 7) is 1.50. The Labute approximate surface area is 120 Å². The van der Waals surface area contributed by atoms with Gasteiger partial charge in [0.25, 0.3) is 5.91 Å². The van der Waals surface area contributed by atoms with Gasteiger partial charge in [-0.15, -0.1) is 0 Å². The summed E-state index contributed by atoms with van der Waals surface area (Å²) < 4.78 is 31.1. The highest BCUT2D eigenvalue weighted by Crippen LogP contribution is 2.19. The lowest BCUT2D eigenvalue weighted by atomic mass is 10.2. The number of ether oxygens (including phenoxy) is 1. The molecule has 2 aromatic rings. The van der Waals surface area contributed by atoms with Crippen molar-refractivity contribution in [2.45, 2.75) is 13.0 Å². The molecule has 1 atom stereocenters. The highest BCUT2D eigenvalue weighted by atomic mass is 19.2. The summed E-state index contributed by atoms with van der Waals surface area (Å²) in [6, 6.07) is 9.84. The molecule has 0 aliphatic rings. The minimum atomic E-state index is -1.03. The van der Waals surface area contributed by atoms with Crippen LogP contribution < -0.4 is 15.8 Å². The van der Waals surface area contributed by atoms with Crippen molar-refractivity contribution in [3.05, 3.63) is 54.1 Å². The van der Waals surface area contributed by atoms with Crippen molar-refractivity contribution in [3.8, 4) is 5.75 Å². The zero-order valence-electron chi connectivity index (χ0n) is 11.3. The molecule has 21 heavy (non-hydrogen) atoms. The molecule has 0 bridgehead atoms. The predicted octanol–water partition coefficient (Wildman–Crippen LogP) is 2.95. The van der Waals surface area contributed by atoms with Gasteiger partial charge in [0, 0.05) is 6.07 Å². The van der Waals surface area contributed by atoms with Crippen molar-refractivity contribution in [1.29, 1.82) is 0 Å². The van der Waals surface area contributed by atoms with E-state index < -0.39 is 23.6 Å². The molecule has 1 unspecified atom stereocenters. The van der Waals surface area contributed by atoms with Crippen molar-refractivity contribution in [3.63, 3.8) is 0 Å². The molecule has 0 heterocycles. The lowest BCUT2D eigenvalue weighted by Gasteiger charge is -2.15. The maximum absolute atomic E-state index is 13.1. The molecular formula is C15H14F2N2O2. The number of carbonyl (C=O) groups is 1. The number of nitrogen functional groups attached to an aromatic ring is 1. The number of rotatable bonds is 4. The number of nitrogens with two attached hydrogens (primary N) is 1. The summed E-state index contributed by atoms with van der Waals surface area (Å²) in [7, 11) is 0. The first-order valence-electron chi connectivity index (χ1n) is 6.24. The second-order valence-electron chi connectivity index (χ2n) is 4.41. The number of halogens is 2. The Morgan fingerprint density at radius 2 is 1.90 bits per heavy atom. The van der Waals surface area contributed by atoms with Crippen LogP contribution in [0.4, 0.5) is 20.2 Å². The van der Waals surface area contributed by atoms with Crippen LogP contribution in [-0.4, -0.2) is 12.0 Å². The maximum Gasteiger partial charge on any atom is 0.265 e. The van der Waals surface area contributed by atoms with E-state index in [4.69, 9.17) is 10.5 Å². The van der Waals surface area contributed by atoms with E-state index in [1.165, 1.54) is 13.0 Å². The Bertz CT molecular complexity index is 662. The van der Waals surface area contributed by atoms with Crippen LogP contribution in [0, 0.1) is 11.6 Å². The largest absolute Gasteiger partial charge is 0.481 e. The highest BCUT2D eigenvalue weighted by Gasteiger charge is 2.16. The van der Waals surface area contributed by atoms with Gasteiger partial charge in [0.2, 0.25) is 0 Å². The lowest BCUT2D eigenvalue weighted by Crippen LogP contribution is -2.30. The third kappa shape index (κ3) is 3.68. The van der Waals surface area contributed by atoms with Crippen LogP contribution in [-0.2, 0) is 4.79 Å². The standard InChI is InChI=1S/C15H14F2N2O2/c1-9(21-10-6-7-11(16)12(17)8-10)15(20)19-14-5-3-2-4-13(14)18/h2-9H,18H2,1H3,(H,19,20). The third-order valence-electron chi connectivity index (χ3n) is 2.79. The van der Waals surface area contributed by atoms with Crippen LogP contribution >= 0.6 is 0 Å². The molecule has 0 fully saturated rings. The Balaban J connectivity index is 2.02. The monoisotopic (exact) mass is 292 g/mol. The highest BCUT2D eigenvalue weighted by molar-refractivity contribution is 5.96. The SMILES string of the molecule is CC(Oc1ccc(F)c(F)c1)C(=O)Nc1ccccc1N. The molecular weight excluding hydrogens is 278 g/mol. The molecule has 0 aliphatic carbocycles. The Morgan fingerprint density at radius 3 is 2.57 bits per heavy atom. The van der Waals surface area contributed by atoms with Gasteiger partial charge in [0.05, 0.1) is 11.4 Å². The molecule has 4 nitrogen and oxygen atoms in total. The first kappa shape index (κ1) is 14.8. The van der Waals surface area contributed by atoms with Crippen molar-refractivity contribution in [2.75, 3.05) is 11.1 Å². The molecule has 0 aliphatic heterocycles. The van der Waals surface area contributed by atoms with Gasteiger partial charge in [-0.1, -0.05) is 12.1 Å². The van der Waals surface area contributed by atoms with Crippen LogP contribution in [0.5, 0.6) is 5.75 Å². The van der Waals surface area contributed by atoms with E-state index in [0.29, 0.717) is 11.4 Å². The second kappa shape index (κ2) is 6.21. The van der Waals surface area contributed by atoms with Crippen LogP contribution in [0.15, 0.2) is 42.5 Å². The lowest BCUT2D eigenvalue weighted by molar-refractivity contribution is -0.122. The van der Waals surface area contributed by atoms with Gasteiger partial charge >= 0.3 is 0 Å². The number of para-hydroxylation sites is 2. The smallest absolute Gasteiger partial charge is 0.265 e. The zero-order valence-corrected chi connectivity index (χ0v) is 11.3. The zero-order chi connectivity index (χ0) is 15.4. The maximum atomic E-state index is 13.1. The van der Waals surface area contributed by atoms with E-state index >= 15 is 0 Å². The fourth-order valence-electron chi connectivity index (χ4n) is 1.65. The number of hydrogen-bond acceptors (Lipinski definition) is 3. The van der Waals surface area contributed by atoms with E-state index in [1.54, 1.807) is 24.3 Å². The Hall–Kier alpha value is -2.63. The molecule has 110 valence electrons. The molecule has 0 saturated carbocycles. The van der Waals surface area contributed by atoms with Crippen LogP contribution in [0.3, 0.4) is 0 Å². The minimum Gasteiger partial charge on any atom is -0.481 e. The van der Waals surface area contributed by atoms with Crippen molar-refractivity contribution in [2.24, 2.45) is 0 Å². The van der Waals surface area contributed by atoms with Gasteiger partial charge in [-0.3, -0.25) is 4.79 Å². The van der Waals surface area contributed by atoms with Crippen LogP contribution in [0.1, 0.15) is 6.92 Å².